The van der Waals surface area contributed by atoms with Gasteiger partial charge in [0, 0.05) is 13.1 Å². The zero-order chi connectivity index (χ0) is 19.5. The van der Waals surface area contributed by atoms with E-state index in [1.165, 1.54) is 19.3 Å². The first-order valence-electron chi connectivity index (χ1n) is 10.1. The van der Waals surface area contributed by atoms with E-state index in [0.717, 1.165) is 38.9 Å². The van der Waals surface area contributed by atoms with Gasteiger partial charge in [-0.2, -0.15) is 0 Å². The van der Waals surface area contributed by atoms with Crippen molar-refractivity contribution >= 4 is 17.5 Å². The summed E-state index contributed by atoms with van der Waals surface area (Å²) in [4.78, 5) is 29.1. The minimum atomic E-state index is -0.131. The number of nitrogens with one attached hydrogen (secondary N) is 1. The molecule has 1 aromatic rings. The Morgan fingerprint density at radius 2 is 1.74 bits per heavy atom. The van der Waals surface area contributed by atoms with E-state index in [0.29, 0.717) is 18.0 Å². The molecule has 1 N–H and O–H groups in total. The van der Waals surface area contributed by atoms with E-state index in [9.17, 15) is 9.59 Å². The third-order valence-electron chi connectivity index (χ3n) is 4.86. The minimum Gasteiger partial charge on any atom is -0.495 e. The van der Waals surface area contributed by atoms with E-state index in [-0.39, 0.29) is 18.4 Å². The van der Waals surface area contributed by atoms with Crippen molar-refractivity contribution in [1.82, 2.24) is 9.80 Å². The molecule has 1 saturated heterocycles. The number of benzene rings is 1. The fourth-order valence-electron chi connectivity index (χ4n) is 3.46. The van der Waals surface area contributed by atoms with Crippen molar-refractivity contribution in [3.63, 3.8) is 0 Å². The van der Waals surface area contributed by atoms with Crippen LogP contribution in [0.3, 0.4) is 0 Å². The van der Waals surface area contributed by atoms with Crippen molar-refractivity contribution in [2.75, 3.05) is 45.2 Å². The van der Waals surface area contributed by atoms with Crippen LogP contribution >= 0.6 is 0 Å². The van der Waals surface area contributed by atoms with E-state index in [2.05, 4.69) is 12.2 Å². The zero-order valence-electron chi connectivity index (χ0n) is 16.7. The van der Waals surface area contributed by atoms with Gasteiger partial charge in [-0.1, -0.05) is 38.3 Å². The number of anilines is 1. The van der Waals surface area contributed by atoms with Gasteiger partial charge in [0.05, 0.1) is 25.9 Å². The van der Waals surface area contributed by atoms with Gasteiger partial charge in [0.1, 0.15) is 5.75 Å². The molecule has 0 saturated carbocycles. The lowest BCUT2D eigenvalue weighted by Gasteiger charge is -2.28. The van der Waals surface area contributed by atoms with E-state index in [4.69, 9.17) is 4.74 Å². The topological polar surface area (TPSA) is 61.9 Å². The van der Waals surface area contributed by atoms with Crippen LogP contribution in [0.1, 0.15) is 45.4 Å². The number of amides is 2. The van der Waals surface area contributed by atoms with E-state index < -0.39 is 0 Å². The number of hydrogen-bond acceptors (Lipinski definition) is 4. The number of carbonyl (C=O) groups is 2. The van der Waals surface area contributed by atoms with Crippen molar-refractivity contribution in [2.24, 2.45) is 0 Å². The first-order valence-corrected chi connectivity index (χ1v) is 10.1. The van der Waals surface area contributed by atoms with Crippen LogP contribution in [0.5, 0.6) is 5.75 Å². The van der Waals surface area contributed by atoms with Gasteiger partial charge in [-0.3, -0.25) is 14.5 Å². The second-order valence-electron chi connectivity index (χ2n) is 7.11. The molecule has 2 amide bonds. The molecule has 0 atom stereocenters. The molecule has 6 heteroatoms. The lowest BCUT2D eigenvalue weighted by atomic mass is 10.1. The number of carbonyl (C=O) groups excluding carboxylic acids is 2. The van der Waals surface area contributed by atoms with Crippen molar-refractivity contribution in [1.29, 1.82) is 0 Å². The number of likely N-dealkylation sites (tertiary alicyclic amines) is 1. The maximum Gasteiger partial charge on any atom is 0.238 e. The third kappa shape index (κ3) is 7.21. The van der Waals surface area contributed by atoms with Crippen LogP contribution in [0, 0.1) is 0 Å². The first-order chi connectivity index (χ1) is 13.1. The molecule has 1 heterocycles. The first kappa shape index (κ1) is 21.2. The van der Waals surface area contributed by atoms with Crippen LogP contribution < -0.4 is 10.1 Å². The van der Waals surface area contributed by atoms with Crippen LogP contribution in [0.2, 0.25) is 0 Å². The van der Waals surface area contributed by atoms with Gasteiger partial charge in [0.2, 0.25) is 11.8 Å². The second kappa shape index (κ2) is 11.6. The number of para-hydroxylation sites is 2. The van der Waals surface area contributed by atoms with Crippen LogP contribution in [0.15, 0.2) is 24.3 Å². The predicted molar refractivity (Wildman–Crippen MR) is 108 cm³/mol. The molecule has 1 aliphatic heterocycles. The summed E-state index contributed by atoms with van der Waals surface area (Å²) in [7, 11) is 1.58. The molecule has 0 aliphatic carbocycles. The number of hydrogen-bond donors (Lipinski definition) is 1. The van der Waals surface area contributed by atoms with Crippen LogP contribution in [0.4, 0.5) is 5.69 Å². The normalized spacial score (nSPS) is 15.1. The van der Waals surface area contributed by atoms with Gasteiger partial charge >= 0.3 is 0 Å². The molecular weight excluding hydrogens is 342 g/mol. The smallest absolute Gasteiger partial charge is 0.238 e. The van der Waals surface area contributed by atoms with Crippen molar-refractivity contribution in [2.45, 2.75) is 45.4 Å². The predicted octanol–water partition coefficient (Wildman–Crippen LogP) is 3.14. The molecular formula is C21H33N3O3. The molecule has 1 aromatic carbocycles. The van der Waals surface area contributed by atoms with E-state index in [1.54, 1.807) is 7.11 Å². The summed E-state index contributed by atoms with van der Waals surface area (Å²) < 4.78 is 5.28. The van der Waals surface area contributed by atoms with Gasteiger partial charge in [0.25, 0.3) is 0 Å². The zero-order valence-corrected chi connectivity index (χ0v) is 16.7. The molecule has 0 unspecified atom stereocenters. The van der Waals surface area contributed by atoms with Gasteiger partial charge in [-0.05, 0) is 37.9 Å². The maximum atomic E-state index is 12.7. The Labute approximate surface area is 162 Å². The average Bonchev–Trinajstić information content (AvgIpc) is 2.61. The SMILES string of the molecule is CCCN(CC(=O)Nc1ccccc1OC)CC(=O)N1CCCCCCC1. The Balaban J connectivity index is 1.91. The number of ether oxygens (including phenoxy) is 1. The molecule has 1 fully saturated rings. The highest BCUT2D eigenvalue weighted by Crippen LogP contribution is 2.22. The molecule has 0 radical (unpaired) electrons. The quantitative estimate of drug-likeness (QED) is 0.758. The molecule has 6 nitrogen and oxygen atoms in total. The minimum absolute atomic E-state index is 0.131. The molecule has 0 bridgehead atoms. The average molecular weight is 376 g/mol. The van der Waals surface area contributed by atoms with Crippen LogP contribution in [-0.4, -0.2) is 61.4 Å². The van der Waals surface area contributed by atoms with Crippen molar-refractivity contribution in [3.05, 3.63) is 24.3 Å². The summed E-state index contributed by atoms with van der Waals surface area (Å²) in [5.74, 6) is 0.633. The highest BCUT2D eigenvalue weighted by molar-refractivity contribution is 5.94. The number of rotatable bonds is 8. The molecule has 2 rings (SSSR count). The number of nitrogens with zero attached hydrogens (tertiary/aromatic N) is 2. The lowest BCUT2D eigenvalue weighted by molar-refractivity contribution is -0.133. The molecule has 150 valence electrons. The number of methoxy groups -OCH3 is 1. The van der Waals surface area contributed by atoms with Gasteiger partial charge in [-0.15, -0.1) is 0 Å². The Morgan fingerprint density at radius 3 is 2.41 bits per heavy atom. The Kier molecular flexibility index (Phi) is 9.11. The Bertz CT molecular complexity index is 598. The van der Waals surface area contributed by atoms with E-state index >= 15 is 0 Å². The van der Waals surface area contributed by atoms with Crippen LogP contribution in [0.25, 0.3) is 0 Å². The molecule has 0 aromatic heterocycles. The highest BCUT2D eigenvalue weighted by Gasteiger charge is 2.20. The van der Waals surface area contributed by atoms with Crippen LogP contribution in [-0.2, 0) is 9.59 Å². The fraction of sp³-hybridized carbons (Fsp3) is 0.619. The summed E-state index contributed by atoms with van der Waals surface area (Å²) >= 11 is 0. The lowest BCUT2D eigenvalue weighted by Crippen LogP contribution is -2.44. The standard InChI is InChI=1S/C21H33N3O3/c1-3-13-23(17-21(26)24-14-9-5-4-6-10-15-24)16-20(25)22-18-11-7-8-12-19(18)27-2/h7-8,11-12H,3-6,9-10,13-17H2,1-2H3,(H,22,25). The fourth-order valence-corrected chi connectivity index (χ4v) is 3.46. The van der Waals surface area contributed by atoms with E-state index in [1.807, 2.05) is 34.1 Å². The summed E-state index contributed by atoms with van der Waals surface area (Å²) in [5.41, 5.74) is 0.650. The maximum absolute atomic E-state index is 12.7. The van der Waals surface area contributed by atoms with Gasteiger partial charge < -0.3 is 15.0 Å². The third-order valence-corrected chi connectivity index (χ3v) is 4.86. The summed E-state index contributed by atoms with van der Waals surface area (Å²) in [6.45, 7) is 4.96. The molecule has 0 spiro atoms. The Morgan fingerprint density at radius 1 is 1.07 bits per heavy atom. The Hall–Kier alpha value is -2.08. The second-order valence-corrected chi connectivity index (χ2v) is 7.11. The van der Waals surface area contributed by atoms with Gasteiger partial charge in [-0.25, -0.2) is 0 Å². The highest BCUT2D eigenvalue weighted by atomic mass is 16.5. The molecule has 1 aliphatic rings. The summed E-state index contributed by atoms with van der Waals surface area (Å²) in [6, 6.07) is 7.34. The van der Waals surface area contributed by atoms with Crippen molar-refractivity contribution < 1.29 is 14.3 Å². The summed E-state index contributed by atoms with van der Waals surface area (Å²) in [5, 5.41) is 2.89. The summed E-state index contributed by atoms with van der Waals surface area (Å²) in [6.07, 6.45) is 6.72. The van der Waals surface area contributed by atoms with Crippen molar-refractivity contribution in [3.8, 4) is 5.75 Å². The molecule has 27 heavy (non-hydrogen) atoms. The largest absolute Gasteiger partial charge is 0.495 e. The monoisotopic (exact) mass is 375 g/mol. The van der Waals surface area contributed by atoms with Gasteiger partial charge in [0.15, 0.2) is 0 Å².